The van der Waals surface area contributed by atoms with Gasteiger partial charge in [-0.05, 0) is 25.5 Å². The number of piperidine rings is 1. The number of nitrogens with two attached hydrogens (primary N) is 1. The van der Waals surface area contributed by atoms with Crippen LogP contribution in [0.4, 0.5) is 5.69 Å². The average molecular weight is 397 g/mol. The molecule has 1 fully saturated rings. The highest BCUT2D eigenvalue weighted by atomic mass is 16.5. The number of amides is 1. The smallest absolute Gasteiger partial charge is 0.252 e. The lowest BCUT2D eigenvalue weighted by atomic mass is 9.83. The van der Waals surface area contributed by atoms with Crippen LogP contribution in [0.1, 0.15) is 29.6 Å². The minimum atomic E-state index is -1.03. The maximum Gasteiger partial charge on any atom is 0.252 e. The summed E-state index contributed by atoms with van der Waals surface area (Å²) in [5, 5.41) is 16.1. The summed E-state index contributed by atoms with van der Waals surface area (Å²) in [6, 6.07) is 5.30. The molecule has 1 amide bonds. The second-order valence-corrected chi connectivity index (χ2v) is 6.88. The van der Waals surface area contributed by atoms with Crippen LogP contribution in [0.15, 0.2) is 18.3 Å². The molecule has 1 atom stereocenters. The number of rotatable bonds is 7. The number of anilines is 1. The van der Waals surface area contributed by atoms with Gasteiger partial charge in [0.25, 0.3) is 5.91 Å². The standard InChI is InChI=1S/C20H23N5O4/c1-28-15-8-12-14(9-16(15)29-2)24-10-13(19(22)27)18(12)25-20(17(26)4-6-21)5-3-7-23-11-20/h8-10,23H,3-5,7,11H2,1-2H3,(H2,22,27)(H,24,25)/t20-/m0/s1. The van der Waals surface area contributed by atoms with Gasteiger partial charge in [0.2, 0.25) is 0 Å². The second-order valence-electron chi connectivity index (χ2n) is 6.88. The molecule has 1 aliphatic rings. The third-order valence-electron chi connectivity index (χ3n) is 5.16. The summed E-state index contributed by atoms with van der Waals surface area (Å²) in [4.78, 5) is 29.3. The van der Waals surface area contributed by atoms with E-state index < -0.39 is 11.4 Å². The van der Waals surface area contributed by atoms with Crippen molar-refractivity contribution < 1.29 is 19.1 Å². The lowest BCUT2D eigenvalue weighted by Crippen LogP contribution is -2.57. The fourth-order valence-corrected chi connectivity index (χ4v) is 3.64. The number of carbonyl (C=O) groups is 2. The summed E-state index contributed by atoms with van der Waals surface area (Å²) in [5.74, 6) is 0.0157. The highest BCUT2D eigenvalue weighted by molar-refractivity contribution is 6.08. The molecule has 1 aromatic carbocycles. The molecule has 4 N–H and O–H groups in total. The molecule has 0 spiro atoms. The Morgan fingerprint density at radius 1 is 1.34 bits per heavy atom. The van der Waals surface area contributed by atoms with Gasteiger partial charge in [-0.1, -0.05) is 0 Å². The summed E-state index contributed by atoms with van der Waals surface area (Å²) in [5.41, 5.74) is 5.64. The van der Waals surface area contributed by atoms with Crippen LogP contribution in [0.2, 0.25) is 0 Å². The molecular formula is C20H23N5O4. The molecule has 0 radical (unpaired) electrons. The highest BCUT2D eigenvalue weighted by Gasteiger charge is 2.40. The molecule has 0 saturated carbocycles. The van der Waals surface area contributed by atoms with Crippen LogP contribution >= 0.6 is 0 Å². The fourth-order valence-electron chi connectivity index (χ4n) is 3.64. The van der Waals surface area contributed by atoms with Crippen LogP contribution in [0.3, 0.4) is 0 Å². The van der Waals surface area contributed by atoms with Crippen molar-refractivity contribution in [2.24, 2.45) is 5.73 Å². The van der Waals surface area contributed by atoms with E-state index in [0.29, 0.717) is 41.1 Å². The molecule has 9 heteroatoms. The second kappa shape index (κ2) is 8.32. The summed E-state index contributed by atoms with van der Waals surface area (Å²) in [7, 11) is 3.02. The monoisotopic (exact) mass is 397 g/mol. The number of fused-ring (bicyclic) bond motifs is 1. The number of pyridine rings is 1. The van der Waals surface area contributed by atoms with Crippen LogP contribution in [-0.2, 0) is 4.79 Å². The third kappa shape index (κ3) is 3.79. The molecule has 152 valence electrons. The van der Waals surface area contributed by atoms with Gasteiger partial charge in [-0.15, -0.1) is 0 Å². The number of nitrogens with one attached hydrogen (secondary N) is 2. The van der Waals surface area contributed by atoms with E-state index >= 15 is 0 Å². The number of aromatic nitrogens is 1. The SMILES string of the molecule is COc1cc2ncc(C(N)=O)c(N[C@@]3(C(=O)CC#N)CCCNC3)c2cc1OC. The molecule has 1 aromatic heterocycles. The number of ketones is 1. The molecule has 0 unspecified atom stereocenters. The molecule has 29 heavy (non-hydrogen) atoms. The van der Waals surface area contributed by atoms with Crippen molar-refractivity contribution >= 4 is 28.3 Å². The maximum atomic E-state index is 12.9. The fraction of sp³-hybridized carbons (Fsp3) is 0.400. The lowest BCUT2D eigenvalue weighted by molar-refractivity contribution is -0.122. The van der Waals surface area contributed by atoms with E-state index in [4.69, 9.17) is 20.5 Å². The Bertz CT molecular complexity index is 993. The van der Waals surface area contributed by atoms with E-state index in [1.54, 1.807) is 12.1 Å². The summed E-state index contributed by atoms with van der Waals surface area (Å²) < 4.78 is 10.7. The zero-order valence-corrected chi connectivity index (χ0v) is 16.4. The van der Waals surface area contributed by atoms with Gasteiger partial charge in [-0.3, -0.25) is 14.6 Å². The summed E-state index contributed by atoms with van der Waals surface area (Å²) in [6.45, 7) is 1.11. The normalized spacial score (nSPS) is 18.7. The van der Waals surface area contributed by atoms with Gasteiger partial charge in [-0.25, -0.2) is 0 Å². The number of benzene rings is 1. The summed E-state index contributed by atoms with van der Waals surface area (Å²) in [6.07, 6.45) is 2.41. The van der Waals surface area contributed by atoms with E-state index in [1.165, 1.54) is 20.4 Å². The van der Waals surface area contributed by atoms with Crippen LogP contribution in [0.25, 0.3) is 10.9 Å². The average Bonchev–Trinajstić information content (AvgIpc) is 2.73. The molecule has 3 rings (SSSR count). The number of nitrogens with zero attached hydrogens (tertiary/aromatic N) is 2. The Morgan fingerprint density at radius 2 is 2.07 bits per heavy atom. The number of carbonyl (C=O) groups excluding carboxylic acids is 2. The Hall–Kier alpha value is -3.38. The largest absolute Gasteiger partial charge is 0.493 e. The topological polar surface area (TPSA) is 139 Å². The van der Waals surface area contributed by atoms with E-state index in [1.807, 2.05) is 6.07 Å². The number of Topliss-reactive ketones (excluding diaryl/α,β-unsaturated/α-hetero) is 1. The Balaban J connectivity index is 2.22. The number of hydrogen-bond acceptors (Lipinski definition) is 8. The summed E-state index contributed by atoms with van der Waals surface area (Å²) >= 11 is 0. The van der Waals surface area contributed by atoms with Gasteiger partial charge in [0, 0.05) is 24.2 Å². The van der Waals surface area contributed by atoms with Crippen molar-refractivity contribution in [3.05, 3.63) is 23.9 Å². The zero-order chi connectivity index (χ0) is 21.0. The predicted octanol–water partition coefficient (Wildman–Crippen LogP) is 1.37. The van der Waals surface area contributed by atoms with Gasteiger partial charge in [-0.2, -0.15) is 5.26 Å². The van der Waals surface area contributed by atoms with Crippen molar-refractivity contribution in [3.8, 4) is 17.6 Å². The van der Waals surface area contributed by atoms with Gasteiger partial charge in [0.15, 0.2) is 17.3 Å². The van der Waals surface area contributed by atoms with Crippen molar-refractivity contribution in [3.63, 3.8) is 0 Å². The van der Waals surface area contributed by atoms with Gasteiger partial charge < -0.3 is 25.8 Å². The molecular weight excluding hydrogens is 374 g/mol. The van der Waals surface area contributed by atoms with Crippen LogP contribution in [0, 0.1) is 11.3 Å². The van der Waals surface area contributed by atoms with Gasteiger partial charge in [0.05, 0.1) is 43.5 Å². The number of primary amides is 1. The Labute approximate surface area is 168 Å². The first-order valence-corrected chi connectivity index (χ1v) is 9.19. The molecule has 0 aliphatic carbocycles. The van der Waals surface area contributed by atoms with Crippen molar-refractivity contribution in [1.29, 1.82) is 5.26 Å². The molecule has 0 bridgehead atoms. The lowest BCUT2D eigenvalue weighted by Gasteiger charge is -2.38. The molecule has 2 heterocycles. The zero-order valence-electron chi connectivity index (χ0n) is 16.4. The first-order chi connectivity index (χ1) is 14.0. The van der Waals surface area contributed by atoms with Crippen molar-refractivity contribution in [1.82, 2.24) is 10.3 Å². The van der Waals surface area contributed by atoms with E-state index in [2.05, 4.69) is 15.6 Å². The predicted molar refractivity (Wildman–Crippen MR) is 107 cm³/mol. The van der Waals surface area contributed by atoms with Crippen LogP contribution < -0.4 is 25.8 Å². The van der Waals surface area contributed by atoms with Gasteiger partial charge in [0.1, 0.15) is 5.54 Å². The minimum absolute atomic E-state index is 0.152. The molecule has 1 aliphatic heterocycles. The number of nitriles is 1. The van der Waals surface area contributed by atoms with Crippen molar-refractivity contribution in [2.45, 2.75) is 24.8 Å². The highest BCUT2D eigenvalue weighted by Crippen LogP contribution is 2.38. The minimum Gasteiger partial charge on any atom is -0.493 e. The molecule has 1 saturated heterocycles. The Kier molecular flexibility index (Phi) is 5.84. The third-order valence-corrected chi connectivity index (χ3v) is 5.16. The van der Waals surface area contributed by atoms with E-state index in [-0.39, 0.29) is 17.8 Å². The quantitative estimate of drug-likeness (QED) is 0.636. The number of methoxy groups -OCH3 is 2. The van der Waals surface area contributed by atoms with Crippen LogP contribution in [-0.4, -0.2) is 49.5 Å². The first kappa shape index (κ1) is 20.4. The first-order valence-electron chi connectivity index (χ1n) is 9.19. The van der Waals surface area contributed by atoms with E-state index in [0.717, 1.165) is 13.0 Å². The van der Waals surface area contributed by atoms with Crippen molar-refractivity contribution in [2.75, 3.05) is 32.6 Å². The Morgan fingerprint density at radius 3 is 2.66 bits per heavy atom. The number of hydrogen-bond donors (Lipinski definition) is 3. The van der Waals surface area contributed by atoms with Gasteiger partial charge >= 0.3 is 0 Å². The number of ether oxygens (including phenoxy) is 2. The maximum absolute atomic E-state index is 12.9. The van der Waals surface area contributed by atoms with E-state index in [9.17, 15) is 9.59 Å². The molecule has 9 nitrogen and oxygen atoms in total. The van der Waals surface area contributed by atoms with Crippen LogP contribution in [0.5, 0.6) is 11.5 Å². The molecule has 2 aromatic rings.